The van der Waals surface area contributed by atoms with Crippen molar-refractivity contribution in [2.75, 3.05) is 13.4 Å². The number of fused-ring (bicyclic) bond motifs is 1. The first-order valence-electron chi connectivity index (χ1n) is 8.30. The van der Waals surface area contributed by atoms with E-state index in [1.807, 2.05) is 19.1 Å². The lowest BCUT2D eigenvalue weighted by Gasteiger charge is -2.17. The van der Waals surface area contributed by atoms with Gasteiger partial charge >= 0.3 is 0 Å². The number of carbonyl (C=O) groups is 1. The van der Waals surface area contributed by atoms with Gasteiger partial charge in [-0.15, -0.1) is 12.4 Å². The Morgan fingerprint density at radius 2 is 1.93 bits per heavy atom. The minimum atomic E-state index is -0.731. The molecule has 0 bridgehead atoms. The standard InChI is InChI=1S/C19H21N3O4.ClH/c1-2-24-17(14-7-8-15-16(9-14)26-11-25-15)19(23)22-10-12-3-5-13(6-4-12)18(20)21;/h3-9,17H,2,10-11H2,1H3,(H3,20,21)(H,22,23);1H. The van der Waals surface area contributed by atoms with E-state index in [9.17, 15) is 4.79 Å². The van der Waals surface area contributed by atoms with Gasteiger partial charge in [-0.05, 0) is 30.2 Å². The summed E-state index contributed by atoms with van der Waals surface area (Å²) in [5.41, 5.74) is 7.70. The lowest BCUT2D eigenvalue weighted by atomic mass is 10.1. The van der Waals surface area contributed by atoms with Gasteiger partial charge in [0, 0.05) is 18.7 Å². The van der Waals surface area contributed by atoms with Gasteiger partial charge < -0.3 is 25.3 Å². The third-order valence-electron chi connectivity index (χ3n) is 4.00. The van der Waals surface area contributed by atoms with Crippen LogP contribution in [0, 0.1) is 5.41 Å². The molecule has 7 nitrogen and oxygen atoms in total. The molecule has 1 heterocycles. The summed E-state index contributed by atoms with van der Waals surface area (Å²) in [6.45, 7) is 2.78. The Bertz CT molecular complexity index is 811. The average molecular weight is 392 g/mol. The molecular formula is C19H22ClN3O4. The van der Waals surface area contributed by atoms with Crippen molar-refractivity contribution in [3.05, 3.63) is 59.2 Å². The Balaban J connectivity index is 0.00000261. The Labute approximate surface area is 163 Å². The second kappa shape index (κ2) is 9.25. The topological polar surface area (TPSA) is 107 Å². The van der Waals surface area contributed by atoms with Crippen molar-refractivity contribution >= 4 is 24.1 Å². The molecular weight excluding hydrogens is 370 g/mol. The average Bonchev–Trinajstić information content (AvgIpc) is 3.12. The number of rotatable bonds is 7. The number of carbonyl (C=O) groups excluding carboxylic acids is 1. The number of hydrogen-bond donors (Lipinski definition) is 3. The number of amides is 1. The summed E-state index contributed by atoms with van der Waals surface area (Å²) in [6, 6.07) is 12.5. The summed E-state index contributed by atoms with van der Waals surface area (Å²) < 4.78 is 16.3. The van der Waals surface area contributed by atoms with Gasteiger partial charge in [-0.2, -0.15) is 0 Å². The number of nitrogen functional groups attached to an aromatic ring is 1. The number of benzene rings is 2. The second-order valence-electron chi connectivity index (χ2n) is 5.78. The minimum Gasteiger partial charge on any atom is -0.454 e. The number of nitrogens with one attached hydrogen (secondary N) is 2. The molecule has 0 radical (unpaired) electrons. The predicted molar refractivity (Wildman–Crippen MR) is 103 cm³/mol. The summed E-state index contributed by atoms with van der Waals surface area (Å²) in [4.78, 5) is 12.6. The molecule has 2 aromatic rings. The Hall–Kier alpha value is -2.77. The van der Waals surface area contributed by atoms with Crippen molar-refractivity contribution < 1.29 is 19.0 Å². The van der Waals surface area contributed by atoms with Gasteiger partial charge in [0.05, 0.1) is 0 Å². The molecule has 27 heavy (non-hydrogen) atoms. The molecule has 0 spiro atoms. The van der Waals surface area contributed by atoms with Gasteiger partial charge in [-0.1, -0.05) is 30.3 Å². The van der Waals surface area contributed by atoms with Crippen LogP contribution < -0.4 is 20.5 Å². The van der Waals surface area contributed by atoms with Crippen LogP contribution in [0.5, 0.6) is 11.5 Å². The molecule has 0 fully saturated rings. The number of halogens is 1. The first-order chi connectivity index (χ1) is 12.6. The molecule has 0 saturated heterocycles. The summed E-state index contributed by atoms with van der Waals surface area (Å²) in [5.74, 6) is 1.05. The van der Waals surface area contributed by atoms with Gasteiger partial charge in [0.2, 0.25) is 6.79 Å². The van der Waals surface area contributed by atoms with Gasteiger partial charge in [-0.25, -0.2) is 0 Å². The zero-order chi connectivity index (χ0) is 18.5. The quantitative estimate of drug-likeness (QED) is 0.496. The molecule has 1 amide bonds. The maximum atomic E-state index is 12.6. The first-order valence-corrected chi connectivity index (χ1v) is 8.30. The Morgan fingerprint density at radius 3 is 2.59 bits per heavy atom. The SMILES string of the molecule is CCOC(C(=O)NCc1ccc(C(=N)N)cc1)c1ccc2c(c1)OCO2.Cl. The fraction of sp³-hybridized carbons (Fsp3) is 0.263. The van der Waals surface area contributed by atoms with Crippen LogP contribution in [0.15, 0.2) is 42.5 Å². The molecule has 0 aliphatic carbocycles. The summed E-state index contributed by atoms with van der Waals surface area (Å²) in [6.07, 6.45) is -0.731. The number of ether oxygens (including phenoxy) is 3. The maximum Gasteiger partial charge on any atom is 0.254 e. The van der Waals surface area contributed by atoms with E-state index >= 15 is 0 Å². The van der Waals surface area contributed by atoms with Crippen molar-refractivity contribution in [3.8, 4) is 11.5 Å². The van der Waals surface area contributed by atoms with Crippen LogP contribution in [-0.4, -0.2) is 25.1 Å². The van der Waals surface area contributed by atoms with Crippen LogP contribution in [0.25, 0.3) is 0 Å². The van der Waals surface area contributed by atoms with Gasteiger partial charge in [-0.3, -0.25) is 10.2 Å². The zero-order valence-corrected chi connectivity index (χ0v) is 15.7. The second-order valence-corrected chi connectivity index (χ2v) is 5.78. The molecule has 1 atom stereocenters. The molecule has 0 saturated carbocycles. The lowest BCUT2D eigenvalue weighted by molar-refractivity contribution is -0.133. The lowest BCUT2D eigenvalue weighted by Crippen LogP contribution is -2.30. The molecule has 1 aliphatic rings. The first kappa shape index (κ1) is 20.5. The third-order valence-corrected chi connectivity index (χ3v) is 4.00. The highest BCUT2D eigenvalue weighted by atomic mass is 35.5. The monoisotopic (exact) mass is 391 g/mol. The highest BCUT2D eigenvalue weighted by Crippen LogP contribution is 2.35. The van der Waals surface area contributed by atoms with Crippen LogP contribution >= 0.6 is 12.4 Å². The molecule has 1 aliphatic heterocycles. The fourth-order valence-corrected chi connectivity index (χ4v) is 2.65. The largest absolute Gasteiger partial charge is 0.454 e. The van der Waals surface area contributed by atoms with E-state index < -0.39 is 6.10 Å². The minimum absolute atomic E-state index is 0. The van der Waals surface area contributed by atoms with Crippen LogP contribution in [0.1, 0.15) is 29.7 Å². The normalized spacial score (nSPS) is 12.8. The molecule has 144 valence electrons. The van der Waals surface area contributed by atoms with E-state index in [0.29, 0.717) is 35.8 Å². The highest BCUT2D eigenvalue weighted by molar-refractivity contribution is 5.94. The third kappa shape index (κ3) is 4.90. The van der Waals surface area contributed by atoms with Crippen molar-refractivity contribution in [1.29, 1.82) is 5.41 Å². The molecule has 4 N–H and O–H groups in total. The summed E-state index contributed by atoms with van der Waals surface area (Å²) in [7, 11) is 0. The van der Waals surface area contributed by atoms with Crippen LogP contribution in [0.2, 0.25) is 0 Å². The van der Waals surface area contributed by atoms with Gasteiger partial charge in [0.15, 0.2) is 17.6 Å². The molecule has 1 unspecified atom stereocenters. The fourth-order valence-electron chi connectivity index (χ4n) is 2.65. The smallest absolute Gasteiger partial charge is 0.254 e. The van der Waals surface area contributed by atoms with Crippen molar-refractivity contribution in [1.82, 2.24) is 5.32 Å². The predicted octanol–water partition coefficient (Wildman–Crippen LogP) is 2.52. The van der Waals surface area contributed by atoms with E-state index in [4.69, 9.17) is 25.4 Å². The van der Waals surface area contributed by atoms with E-state index in [-0.39, 0.29) is 30.9 Å². The Kier molecular flexibility index (Phi) is 7.04. The van der Waals surface area contributed by atoms with E-state index in [2.05, 4.69) is 5.32 Å². The highest BCUT2D eigenvalue weighted by Gasteiger charge is 2.24. The van der Waals surface area contributed by atoms with E-state index in [1.54, 1.807) is 30.3 Å². The number of nitrogens with two attached hydrogens (primary N) is 1. The summed E-state index contributed by atoms with van der Waals surface area (Å²) >= 11 is 0. The molecule has 3 rings (SSSR count). The molecule has 8 heteroatoms. The van der Waals surface area contributed by atoms with Crippen LogP contribution in [-0.2, 0) is 16.1 Å². The molecule has 0 aromatic heterocycles. The van der Waals surface area contributed by atoms with E-state index in [1.165, 1.54) is 0 Å². The van der Waals surface area contributed by atoms with Crippen LogP contribution in [0.3, 0.4) is 0 Å². The maximum absolute atomic E-state index is 12.6. The zero-order valence-electron chi connectivity index (χ0n) is 14.9. The number of hydrogen-bond acceptors (Lipinski definition) is 5. The summed E-state index contributed by atoms with van der Waals surface area (Å²) in [5, 5.41) is 10.3. The van der Waals surface area contributed by atoms with E-state index in [0.717, 1.165) is 5.56 Å². The van der Waals surface area contributed by atoms with Crippen LogP contribution in [0.4, 0.5) is 0 Å². The van der Waals surface area contributed by atoms with Crippen molar-refractivity contribution in [2.24, 2.45) is 5.73 Å². The van der Waals surface area contributed by atoms with Gasteiger partial charge in [0.25, 0.3) is 5.91 Å². The number of amidine groups is 1. The van der Waals surface area contributed by atoms with Crippen molar-refractivity contribution in [3.63, 3.8) is 0 Å². The van der Waals surface area contributed by atoms with Crippen molar-refractivity contribution in [2.45, 2.75) is 19.6 Å². The Morgan fingerprint density at radius 1 is 1.22 bits per heavy atom. The molecule has 2 aromatic carbocycles. The van der Waals surface area contributed by atoms with Gasteiger partial charge in [0.1, 0.15) is 5.84 Å².